The van der Waals surface area contributed by atoms with Crippen molar-refractivity contribution in [1.29, 1.82) is 0 Å². The third-order valence-corrected chi connectivity index (χ3v) is 5.92. The van der Waals surface area contributed by atoms with Crippen LogP contribution in [0.5, 0.6) is 5.75 Å². The highest BCUT2D eigenvalue weighted by molar-refractivity contribution is 7.89. The SMILES string of the molecule is COc1ccc(S(=O)(=O)NCCNc2cc(Nc3cc(C)ccn3)nc(C)n2)cc1Cl. The van der Waals surface area contributed by atoms with Crippen LogP contribution in [-0.2, 0) is 10.0 Å². The van der Waals surface area contributed by atoms with Crippen LogP contribution < -0.4 is 20.1 Å². The molecular formula is C20H23ClN6O3S. The lowest BCUT2D eigenvalue weighted by Crippen LogP contribution is -2.29. The fourth-order valence-corrected chi connectivity index (χ4v) is 4.11. The summed E-state index contributed by atoms with van der Waals surface area (Å²) >= 11 is 6.02. The zero-order chi connectivity index (χ0) is 22.4. The molecule has 0 aliphatic carbocycles. The van der Waals surface area contributed by atoms with Crippen molar-refractivity contribution in [2.24, 2.45) is 0 Å². The molecule has 2 heterocycles. The first-order valence-electron chi connectivity index (χ1n) is 9.39. The number of nitrogens with one attached hydrogen (secondary N) is 3. The van der Waals surface area contributed by atoms with Gasteiger partial charge in [0.1, 0.15) is 29.0 Å². The number of rotatable bonds is 9. The van der Waals surface area contributed by atoms with Crippen molar-refractivity contribution in [2.45, 2.75) is 18.7 Å². The van der Waals surface area contributed by atoms with Gasteiger partial charge in [0.15, 0.2) is 0 Å². The highest BCUT2D eigenvalue weighted by Gasteiger charge is 2.15. The van der Waals surface area contributed by atoms with Gasteiger partial charge >= 0.3 is 0 Å². The van der Waals surface area contributed by atoms with Gasteiger partial charge in [-0.2, -0.15) is 0 Å². The maximum absolute atomic E-state index is 12.5. The van der Waals surface area contributed by atoms with Crippen LogP contribution in [0.25, 0.3) is 0 Å². The molecule has 0 aliphatic heterocycles. The van der Waals surface area contributed by atoms with Crippen molar-refractivity contribution in [3.05, 3.63) is 59.0 Å². The molecule has 0 saturated carbocycles. The lowest BCUT2D eigenvalue weighted by molar-refractivity contribution is 0.414. The number of nitrogens with zero attached hydrogens (tertiary/aromatic N) is 3. The number of hydrogen-bond acceptors (Lipinski definition) is 8. The van der Waals surface area contributed by atoms with E-state index in [1.165, 1.54) is 25.3 Å². The summed E-state index contributed by atoms with van der Waals surface area (Å²) in [5, 5.41) is 6.46. The topological polar surface area (TPSA) is 118 Å². The number of sulfonamides is 1. The Balaban J connectivity index is 1.59. The van der Waals surface area contributed by atoms with Crippen LogP contribution in [0.15, 0.2) is 47.5 Å². The van der Waals surface area contributed by atoms with E-state index in [2.05, 4.69) is 30.3 Å². The van der Waals surface area contributed by atoms with Gasteiger partial charge in [0.25, 0.3) is 0 Å². The van der Waals surface area contributed by atoms with Crippen molar-refractivity contribution in [1.82, 2.24) is 19.7 Å². The van der Waals surface area contributed by atoms with Gasteiger partial charge in [0, 0.05) is 25.4 Å². The number of aromatic nitrogens is 3. The monoisotopic (exact) mass is 462 g/mol. The first-order chi connectivity index (χ1) is 14.8. The van der Waals surface area contributed by atoms with E-state index in [-0.39, 0.29) is 16.5 Å². The Bertz CT molecular complexity index is 1170. The third-order valence-electron chi connectivity index (χ3n) is 4.17. The molecule has 1 aromatic carbocycles. The lowest BCUT2D eigenvalue weighted by Gasteiger charge is -2.11. The summed E-state index contributed by atoms with van der Waals surface area (Å²) in [6.07, 6.45) is 1.72. The van der Waals surface area contributed by atoms with E-state index < -0.39 is 10.0 Å². The molecule has 0 saturated heterocycles. The van der Waals surface area contributed by atoms with E-state index in [9.17, 15) is 8.42 Å². The summed E-state index contributed by atoms with van der Waals surface area (Å²) in [6.45, 7) is 4.22. The van der Waals surface area contributed by atoms with Gasteiger partial charge < -0.3 is 15.4 Å². The molecule has 0 radical (unpaired) electrons. The number of pyridine rings is 1. The molecule has 31 heavy (non-hydrogen) atoms. The standard InChI is InChI=1S/C20H23ClN6O3S/c1-13-6-7-22-18(10-13)27-20-12-19(25-14(2)26-20)23-8-9-24-31(28,29)15-4-5-17(30-3)16(21)11-15/h4-7,10-12,24H,8-9H2,1-3H3,(H2,22,23,25,26,27). The predicted octanol–water partition coefficient (Wildman–Crippen LogP) is 3.28. The molecule has 2 aromatic heterocycles. The van der Waals surface area contributed by atoms with Crippen LogP contribution in [0.3, 0.4) is 0 Å². The molecule has 164 valence electrons. The fraction of sp³-hybridized carbons (Fsp3) is 0.250. The first-order valence-corrected chi connectivity index (χ1v) is 11.3. The maximum Gasteiger partial charge on any atom is 0.240 e. The lowest BCUT2D eigenvalue weighted by atomic mass is 10.3. The van der Waals surface area contributed by atoms with E-state index in [1.54, 1.807) is 19.2 Å². The molecule has 11 heteroatoms. The van der Waals surface area contributed by atoms with Crippen molar-refractivity contribution < 1.29 is 13.2 Å². The van der Waals surface area contributed by atoms with Crippen molar-refractivity contribution >= 4 is 39.1 Å². The fourth-order valence-electron chi connectivity index (χ4n) is 2.73. The minimum absolute atomic E-state index is 0.0633. The summed E-state index contributed by atoms with van der Waals surface area (Å²) in [6, 6.07) is 9.84. The summed E-state index contributed by atoms with van der Waals surface area (Å²) < 4.78 is 32.5. The molecule has 0 aliphatic rings. The highest BCUT2D eigenvalue weighted by atomic mass is 35.5. The molecule has 0 bridgehead atoms. The number of hydrogen-bond donors (Lipinski definition) is 3. The number of methoxy groups -OCH3 is 1. The molecule has 3 rings (SSSR count). The number of aryl methyl sites for hydroxylation is 2. The van der Waals surface area contributed by atoms with Crippen LogP contribution in [0.2, 0.25) is 5.02 Å². The minimum atomic E-state index is -3.71. The Labute approximate surface area is 186 Å². The van der Waals surface area contributed by atoms with Gasteiger partial charge in [-0.1, -0.05) is 11.6 Å². The molecule has 0 amide bonds. The Morgan fingerprint density at radius 1 is 1.00 bits per heavy atom. The van der Waals surface area contributed by atoms with Crippen LogP contribution >= 0.6 is 11.6 Å². The van der Waals surface area contributed by atoms with E-state index in [0.717, 1.165) is 5.56 Å². The summed E-state index contributed by atoms with van der Waals surface area (Å²) in [7, 11) is -2.24. The van der Waals surface area contributed by atoms with Crippen molar-refractivity contribution in [2.75, 3.05) is 30.8 Å². The van der Waals surface area contributed by atoms with Crippen LogP contribution in [0.1, 0.15) is 11.4 Å². The smallest absolute Gasteiger partial charge is 0.240 e. The molecule has 9 nitrogen and oxygen atoms in total. The average Bonchev–Trinajstić information content (AvgIpc) is 2.71. The zero-order valence-corrected chi connectivity index (χ0v) is 18.9. The molecule has 0 unspecified atom stereocenters. The molecule has 0 fully saturated rings. The van der Waals surface area contributed by atoms with Crippen LogP contribution in [-0.4, -0.2) is 43.6 Å². The number of benzene rings is 1. The summed E-state index contributed by atoms with van der Waals surface area (Å²) in [4.78, 5) is 13.0. The first kappa shape index (κ1) is 22.7. The van der Waals surface area contributed by atoms with Gasteiger partial charge in [-0.25, -0.2) is 28.1 Å². The van der Waals surface area contributed by atoms with Crippen LogP contribution in [0.4, 0.5) is 17.5 Å². The number of halogens is 1. The third kappa shape index (κ3) is 6.27. The van der Waals surface area contributed by atoms with E-state index >= 15 is 0 Å². The number of ether oxygens (including phenoxy) is 1. The van der Waals surface area contributed by atoms with E-state index in [4.69, 9.17) is 16.3 Å². The second-order valence-electron chi connectivity index (χ2n) is 6.65. The molecular weight excluding hydrogens is 440 g/mol. The Morgan fingerprint density at radius 2 is 1.77 bits per heavy atom. The summed E-state index contributed by atoms with van der Waals surface area (Å²) in [5.74, 6) is 2.80. The number of anilines is 3. The predicted molar refractivity (Wildman–Crippen MR) is 121 cm³/mol. The Hall–Kier alpha value is -2.95. The quantitative estimate of drug-likeness (QED) is 0.414. The largest absolute Gasteiger partial charge is 0.495 e. The van der Waals surface area contributed by atoms with Gasteiger partial charge in [-0.15, -0.1) is 0 Å². The molecule has 0 spiro atoms. The van der Waals surface area contributed by atoms with Gasteiger partial charge in [0.05, 0.1) is 17.0 Å². The zero-order valence-electron chi connectivity index (χ0n) is 17.3. The molecule has 3 N–H and O–H groups in total. The summed E-state index contributed by atoms with van der Waals surface area (Å²) in [5.41, 5.74) is 1.08. The Kier molecular flexibility index (Phi) is 7.26. The normalized spacial score (nSPS) is 11.2. The Morgan fingerprint density at radius 3 is 2.48 bits per heavy atom. The maximum atomic E-state index is 12.5. The molecule has 0 atom stereocenters. The van der Waals surface area contributed by atoms with Gasteiger partial charge in [0.2, 0.25) is 10.0 Å². The van der Waals surface area contributed by atoms with Crippen molar-refractivity contribution in [3.8, 4) is 5.75 Å². The van der Waals surface area contributed by atoms with Crippen molar-refractivity contribution in [3.63, 3.8) is 0 Å². The molecule has 3 aromatic rings. The second-order valence-corrected chi connectivity index (χ2v) is 8.82. The second kappa shape index (κ2) is 9.90. The minimum Gasteiger partial charge on any atom is -0.495 e. The van der Waals surface area contributed by atoms with Gasteiger partial charge in [-0.3, -0.25) is 0 Å². The van der Waals surface area contributed by atoms with Crippen LogP contribution in [0, 0.1) is 13.8 Å². The average molecular weight is 463 g/mol. The highest BCUT2D eigenvalue weighted by Crippen LogP contribution is 2.26. The van der Waals surface area contributed by atoms with Gasteiger partial charge in [-0.05, 0) is 49.7 Å². The van der Waals surface area contributed by atoms with E-state index in [0.29, 0.717) is 35.6 Å². The van der Waals surface area contributed by atoms with E-state index in [1.807, 2.05) is 19.1 Å².